The van der Waals surface area contributed by atoms with Gasteiger partial charge in [0.1, 0.15) is 0 Å². The van der Waals surface area contributed by atoms with Gasteiger partial charge in [-0.25, -0.2) is 0 Å². The molecule has 0 heterocycles. The third kappa shape index (κ3) is 8.08. The molecule has 0 N–H and O–H groups in total. The van der Waals surface area contributed by atoms with E-state index in [-0.39, 0.29) is 0 Å². The van der Waals surface area contributed by atoms with Gasteiger partial charge >= 0.3 is 11.9 Å². The highest BCUT2D eigenvalue weighted by molar-refractivity contribution is 6.00. The lowest BCUT2D eigenvalue weighted by molar-refractivity contribution is -0.175. The summed E-state index contributed by atoms with van der Waals surface area (Å²) in [5.74, 6) is 5.13. The molecule has 1 unspecified atom stereocenters. The number of esters is 2. The third-order valence-electron chi connectivity index (χ3n) is 4.35. The van der Waals surface area contributed by atoms with Gasteiger partial charge in [-0.2, -0.15) is 0 Å². The standard InChI is InChI=1S/C22H36O4/c1-8-11-12-15-25-20(23)22(9-2,10-3)21(24)26-19(16-18(6)7)14-13-17(4)5/h18-19H,4,8-12,15-16H2,1-3,5-7H3. The molecule has 0 spiro atoms. The zero-order valence-corrected chi connectivity index (χ0v) is 17.4. The van der Waals surface area contributed by atoms with E-state index in [1.165, 1.54) is 0 Å². The van der Waals surface area contributed by atoms with Crippen molar-refractivity contribution >= 4 is 11.9 Å². The summed E-state index contributed by atoms with van der Waals surface area (Å²) < 4.78 is 11.0. The molecule has 148 valence electrons. The van der Waals surface area contributed by atoms with Crippen molar-refractivity contribution in [3.8, 4) is 11.8 Å². The first-order valence-electron chi connectivity index (χ1n) is 9.78. The van der Waals surface area contributed by atoms with Gasteiger partial charge in [-0.3, -0.25) is 9.59 Å². The van der Waals surface area contributed by atoms with Gasteiger partial charge in [0, 0.05) is 0 Å². The molecule has 0 saturated heterocycles. The second kappa shape index (κ2) is 12.6. The summed E-state index contributed by atoms with van der Waals surface area (Å²) in [4.78, 5) is 25.5. The van der Waals surface area contributed by atoms with Gasteiger partial charge < -0.3 is 9.47 Å². The Labute approximate surface area is 159 Å². The van der Waals surface area contributed by atoms with Gasteiger partial charge in [-0.1, -0.05) is 65.9 Å². The Morgan fingerprint density at radius 3 is 2.15 bits per heavy atom. The van der Waals surface area contributed by atoms with E-state index in [1.807, 2.05) is 27.7 Å². The van der Waals surface area contributed by atoms with Crippen LogP contribution in [0.4, 0.5) is 0 Å². The molecule has 0 radical (unpaired) electrons. The number of carbonyl (C=O) groups is 2. The molecule has 0 bridgehead atoms. The predicted octanol–water partition coefficient (Wildman–Crippen LogP) is 5.06. The first-order valence-corrected chi connectivity index (χ1v) is 9.78. The highest BCUT2D eigenvalue weighted by Crippen LogP contribution is 2.31. The van der Waals surface area contributed by atoms with Crippen LogP contribution in [-0.4, -0.2) is 24.6 Å². The zero-order chi connectivity index (χ0) is 20.2. The lowest BCUT2D eigenvalue weighted by Gasteiger charge is -2.28. The number of hydrogen-bond donors (Lipinski definition) is 0. The van der Waals surface area contributed by atoms with Gasteiger partial charge in [-0.05, 0) is 44.1 Å². The van der Waals surface area contributed by atoms with Crippen LogP contribution in [0.5, 0.6) is 0 Å². The Morgan fingerprint density at radius 1 is 1.08 bits per heavy atom. The van der Waals surface area contributed by atoms with Crippen LogP contribution in [0.25, 0.3) is 0 Å². The fourth-order valence-corrected chi connectivity index (χ4v) is 2.58. The van der Waals surface area contributed by atoms with Crippen LogP contribution in [0.1, 0.15) is 80.1 Å². The topological polar surface area (TPSA) is 52.6 Å². The number of carbonyl (C=O) groups excluding carboxylic acids is 2. The lowest BCUT2D eigenvalue weighted by Crippen LogP contribution is -2.42. The number of allylic oxidation sites excluding steroid dienone is 1. The summed E-state index contributed by atoms with van der Waals surface area (Å²) in [7, 11) is 0. The van der Waals surface area contributed by atoms with Crippen molar-refractivity contribution in [2.75, 3.05) is 6.61 Å². The molecule has 4 nitrogen and oxygen atoms in total. The molecular formula is C22H36O4. The van der Waals surface area contributed by atoms with Crippen LogP contribution in [0.3, 0.4) is 0 Å². The summed E-state index contributed by atoms with van der Waals surface area (Å²) in [6.45, 7) is 15.7. The number of rotatable bonds is 11. The maximum absolute atomic E-state index is 12.9. The molecular weight excluding hydrogens is 328 g/mol. The minimum atomic E-state index is -1.26. The molecule has 0 aromatic carbocycles. The quantitative estimate of drug-likeness (QED) is 0.222. The molecule has 0 aromatic heterocycles. The van der Waals surface area contributed by atoms with Gasteiger partial charge in [0.25, 0.3) is 0 Å². The van der Waals surface area contributed by atoms with E-state index >= 15 is 0 Å². The van der Waals surface area contributed by atoms with Crippen molar-refractivity contribution in [1.82, 2.24) is 0 Å². The van der Waals surface area contributed by atoms with E-state index in [2.05, 4.69) is 25.3 Å². The molecule has 1 atom stereocenters. The van der Waals surface area contributed by atoms with Crippen molar-refractivity contribution in [3.05, 3.63) is 12.2 Å². The van der Waals surface area contributed by atoms with Crippen molar-refractivity contribution in [3.63, 3.8) is 0 Å². The second-order valence-corrected chi connectivity index (χ2v) is 7.21. The highest BCUT2D eigenvalue weighted by atomic mass is 16.6. The molecule has 0 saturated carbocycles. The molecule has 0 rings (SSSR count). The Kier molecular flexibility index (Phi) is 11.7. The maximum atomic E-state index is 12.9. The van der Waals surface area contributed by atoms with Crippen LogP contribution < -0.4 is 0 Å². The Bertz CT molecular complexity index is 518. The number of unbranched alkanes of at least 4 members (excludes halogenated alkanes) is 2. The summed E-state index contributed by atoms with van der Waals surface area (Å²) in [5, 5.41) is 0. The van der Waals surface area contributed by atoms with Crippen LogP contribution in [0.15, 0.2) is 12.2 Å². The summed E-state index contributed by atoms with van der Waals surface area (Å²) in [6.07, 6.45) is 3.60. The van der Waals surface area contributed by atoms with E-state index in [0.717, 1.165) is 19.3 Å². The summed E-state index contributed by atoms with van der Waals surface area (Å²) in [5.41, 5.74) is -0.547. The fourth-order valence-electron chi connectivity index (χ4n) is 2.58. The minimum absolute atomic E-state index is 0.311. The lowest BCUT2D eigenvalue weighted by atomic mass is 9.82. The van der Waals surface area contributed by atoms with E-state index in [4.69, 9.17) is 9.47 Å². The number of ether oxygens (including phenoxy) is 2. The highest BCUT2D eigenvalue weighted by Gasteiger charge is 2.46. The zero-order valence-electron chi connectivity index (χ0n) is 17.4. The van der Waals surface area contributed by atoms with E-state index in [1.54, 1.807) is 6.92 Å². The predicted molar refractivity (Wildman–Crippen MR) is 105 cm³/mol. The molecule has 26 heavy (non-hydrogen) atoms. The van der Waals surface area contributed by atoms with Crippen molar-refractivity contribution in [2.45, 2.75) is 86.2 Å². The van der Waals surface area contributed by atoms with Crippen molar-refractivity contribution in [1.29, 1.82) is 0 Å². The average molecular weight is 365 g/mol. The van der Waals surface area contributed by atoms with Gasteiger partial charge in [0.05, 0.1) is 6.61 Å². The van der Waals surface area contributed by atoms with Gasteiger partial charge in [-0.15, -0.1) is 0 Å². The third-order valence-corrected chi connectivity index (χ3v) is 4.35. The van der Waals surface area contributed by atoms with E-state index in [9.17, 15) is 9.59 Å². The molecule has 0 aliphatic rings. The molecule has 0 aromatic rings. The first-order chi connectivity index (χ1) is 12.2. The smallest absolute Gasteiger partial charge is 0.324 e. The van der Waals surface area contributed by atoms with Gasteiger partial charge in [0.15, 0.2) is 11.5 Å². The first kappa shape index (κ1) is 24.2. The van der Waals surface area contributed by atoms with Crippen LogP contribution >= 0.6 is 0 Å². The Morgan fingerprint density at radius 2 is 1.69 bits per heavy atom. The minimum Gasteiger partial charge on any atom is -0.465 e. The largest absolute Gasteiger partial charge is 0.465 e. The maximum Gasteiger partial charge on any atom is 0.324 e. The monoisotopic (exact) mass is 364 g/mol. The Balaban J connectivity index is 5.25. The summed E-state index contributed by atoms with van der Waals surface area (Å²) in [6, 6.07) is 0. The van der Waals surface area contributed by atoms with Crippen LogP contribution in [-0.2, 0) is 19.1 Å². The molecule has 4 heteroatoms. The van der Waals surface area contributed by atoms with Crippen molar-refractivity contribution in [2.24, 2.45) is 11.3 Å². The second-order valence-electron chi connectivity index (χ2n) is 7.21. The normalized spacial score (nSPS) is 12.1. The van der Waals surface area contributed by atoms with E-state index in [0.29, 0.717) is 37.4 Å². The van der Waals surface area contributed by atoms with Gasteiger partial charge in [0.2, 0.25) is 0 Å². The fraction of sp³-hybridized carbons (Fsp3) is 0.727. The molecule has 0 aliphatic carbocycles. The molecule has 0 amide bonds. The number of hydrogen-bond acceptors (Lipinski definition) is 4. The average Bonchev–Trinajstić information content (AvgIpc) is 2.57. The molecule has 0 aliphatic heterocycles. The Hall–Kier alpha value is -1.76. The SMILES string of the molecule is C=C(C)C#CC(CC(C)C)OC(=O)C(CC)(CC)C(=O)OCCCCC. The van der Waals surface area contributed by atoms with Crippen LogP contribution in [0.2, 0.25) is 0 Å². The van der Waals surface area contributed by atoms with Crippen molar-refractivity contribution < 1.29 is 19.1 Å². The van der Waals surface area contributed by atoms with E-state index < -0.39 is 23.5 Å². The molecule has 0 fully saturated rings. The summed E-state index contributed by atoms with van der Waals surface area (Å²) >= 11 is 0. The van der Waals surface area contributed by atoms with Crippen LogP contribution in [0, 0.1) is 23.2 Å².